The predicted octanol–water partition coefficient (Wildman–Crippen LogP) is 6.12. The van der Waals surface area contributed by atoms with Crippen LogP contribution in [-0.2, 0) is 15.0 Å². The standard InChI is InChI=1S/C31H34Cl2F2N4O2/c1-18(40)37-12-10-20(11-13-37)38-17-39-25(15-30(2,3)4)31(16-36,22-9-8-19(32)14-24(22)34)26(28(39)29(38)41)21-6-5-7-23(33)27(21)35/h5-9,14,20,25-26,28H,10-13,15,17H2,1-4H3/t25-,26-,28+,31-/m0/s1. The Morgan fingerprint density at radius 3 is 2.41 bits per heavy atom. The van der Waals surface area contributed by atoms with E-state index in [4.69, 9.17) is 23.2 Å². The van der Waals surface area contributed by atoms with Gasteiger partial charge in [-0.05, 0) is 48.4 Å². The Morgan fingerprint density at radius 2 is 1.83 bits per heavy atom. The third-order valence-electron chi connectivity index (χ3n) is 8.98. The van der Waals surface area contributed by atoms with Crippen molar-refractivity contribution in [3.05, 3.63) is 69.2 Å². The molecule has 3 aliphatic rings. The molecule has 41 heavy (non-hydrogen) atoms. The Bertz CT molecular complexity index is 1420. The normalized spacial score (nSPS) is 27.3. The highest BCUT2D eigenvalue weighted by atomic mass is 35.5. The molecule has 3 saturated heterocycles. The van der Waals surface area contributed by atoms with Crippen LogP contribution in [-0.4, -0.2) is 64.4 Å². The van der Waals surface area contributed by atoms with Crippen LogP contribution in [0.5, 0.6) is 0 Å². The molecule has 2 aromatic carbocycles. The van der Waals surface area contributed by atoms with Crippen molar-refractivity contribution < 1.29 is 18.4 Å². The molecule has 0 saturated carbocycles. The van der Waals surface area contributed by atoms with Gasteiger partial charge in [0.05, 0.1) is 17.8 Å². The van der Waals surface area contributed by atoms with Crippen LogP contribution in [0.3, 0.4) is 0 Å². The lowest BCUT2D eigenvalue weighted by Crippen LogP contribution is -2.51. The number of nitrogens with zero attached hydrogens (tertiary/aromatic N) is 4. The zero-order valence-corrected chi connectivity index (χ0v) is 25.1. The lowest BCUT2D eigenvalue weighted by Gasteiger charge is -2.42. The number of hydrogen-bond acceptors (Lipinski definition) is 4. The maximum atomic E-state index is 15.9. The summed E-state index contributed by atoms with van der Waals surface area (Å²) in [5, 5.41) is 11.1. The van der Waals surface area contributed by atoms with Crippen molar-refractivity contribution >= 4 is 35.0 Å². The quantitative estimate of drug-likeness (QED) is 0.423. The first kappa shape index (κ1) is 29.8. The minimum Gasteiger partial charge on any atom is -0.343 e. The van der Waals surface area contributed by atoms with Crippen LogP contribution in [0, 0.1) is 28.4 Å². The third kappa shape index (κ3) is 5.00. The Kier molecular flexibility index (Phi) is 7.86. The largest absolute Gasteiger partial charge is 0.343 e. The van der Waals surface area contributed by atoms with Crippen LogP contribution in [0.2, 0.25) is 10.0 Å². The van der Waals surface area contributed by atoms with E-state index in [2.05, 4.69) is 6.07 Å². The van der Waals surface area contributed by atoms with Crippen molar-refractivity contribution in [2.75, 3.05) is 19.8 Å². The molecule has 0 unspecified atom stereocenters. The fourth-order valence-corrected chi connectivity index (χ4v) is 7.53. The molecule has 3 aliphatic heterocycles. The van der Waals surface area contributed by atoms with Gasteiger partial charge in [0.15, 0.2) is 0 Å². The molecule has 4 atom stereocenters. The molecule has 0 N–H and O–H groups in total. The van der Waals surface area contributed by atoms with E-state index >= 15 is 8.78 Å². The van der Waals surface area contributed by atoms with Gasteiger partial charge < -0.3 is 9.80 Å². The zero-order valence-electron chi connectivity index (χ0n) is 23.6. The van der Waals surface area contributed by atoms with E-state index in [0.717, 1.165) is 6.07 Å². The Balaban J connectivity index is 1.69. The van der Waals surface area contributed by atoms with Gasteiger partial charge in [0, 0.05) is 48.6 Å². The number of halogens is 4. The number of nitriles is 1. The lowest BCUT2D eigenvalue weighted by molar-refractivity contribution is -0.134. The van der Waals surface area contributed by atoms with E-state index in [9.17, 15) is 14.9 Å². The molecule has 2 amide bonds. The van der Waals surface area contributed by atoms with Crippen LogP contribution in [0.15, 0.2) is 36.4 Å². The van der Waals surface area contributed by atoms with E-state index in [0.29, 0.717) is 32.4 Å². The summed E-state index contributed by atoms with van der Waals surface area (Å²) in [6.07, 6.45) is 1.70. The summed E-state index contributed by atoms with van der Waals surface area (Å²) in [4.78, 5) is 31.8. The average Bonchev–Trinajstić information content (AvgIpc) is 3.37. The first-order valence-corrected chi connectivity index (χ1v) is 14.7. The molecule has 3 fully saturated rings. The number of carbonyl (C=O) groups is 2. The summed E-state index contributed by atoms with van der Waals surface area (Å²) in [6, 6.07) is 9.54. The van der Waals surface area contributed by atoms with Gasteiger partial charge in [0.2, 0.25) is 11.8 Å². The molecular formula is C31H34Cl2F2N4O2. The van der Waals surface area contributed by atoms with Gasteiger partial charge in [0.1, 0.15) is 23.1 Å². The number of fused-ring (bicyclic) bond motifs is 1. The lowest BCUT2D eigenvalue weighted by atomic mass is 9.62. The number of rotatable bonds is 4. The van der Waals surface area contributed by atoms with Crippen LogP contribution in [0.4, 0.5) is 8.78 Å². The van der Waals surface area contributed by atoms with E-state index in [1.54, 1.807) is 17.0 Å². The first-order chi connectivity index (χ1) is 19.3. The van der Waals surface area contributed by atoms with Crippen molar-refractivity contribution in [2.45, 2.75) is 76.4 Å². The summed E-state index contributed by atoms with van der Waals surface area (Å²) in [5.74, 6) is -2.65. The molecule has 0 aliphatic carbocycles. The van der Waals surface area contributed by atoms with Gasteiger partial charge in [-0.1, -0.05) is 62.2 Å². The number of benzene rings is 2. The van der Waals surface area contributed by atoms with Gasteiger partial charge >= 0.3 is 0 Å². The van der Waals surface area contributed by atoms with Crippen LogP contribution >= 0.6 is 23.2 Å². The third-order valence-corrected chi connectivity index (χ3v) is 9.50. The predicted molar refractivity (Wildman–Crippen MR) is 153 cm³/mol. The number of carbonyl (C=O) groups excluding carboxylic acids is 2. The second-order valence-corrected chi connectivity index (χ2v) is 13.5. The Hall–Kier alpha value is -2.73. The molecule has 0 aromatic heterocycles. The molecule has 6 nitrogen and oxygen atoms in total. The highest BCUT2D eigenvalue weighted by Crippen LogP contribution is 2.58. The Labute approximate surface area is 249 Å². The molecule has 0 spiro atoms. The SMILES string of the molecule is CC(=O)N1CCC(N2CN3[C@@H](CC(C)(C)C)[C@](C#N)(c4ccc(Cl)cc4F)[C@@H](c4cccc(Cl)c4F)[C@@H]3C2=O)CC1. The van der Waals surface area contributed by atoms with Gasteiger partial charge in [-0.25, -0.2) is 8.78 Å². The first-order valence-electron chi connectivity index (χ1n) is 13.9. The molecule has 0 radical (unpaired) electrons. The maximum Gasteiger partial charge on any atom is 0.241 e. The van der Waals surface area contributed by atoms with Crippen molar-refractivity contribution in [3.63, 3.8) is 0 Å². The van der Waals surface area contributed by atoms with Crippen molar-refractivity contribution in [2.24, 2.45) is 5.41 Å². The second-order valence-electron chi connectivity index (χ2n) is 12.7. The summed E-state index contributed by atoms with van der Waals surface area (Å²) in [6.45, 7) is 8.95. The number of piperidine rings is 1. The summed E-state index contributed by atoms with van der Waals surface area (Å²) in [5.41, 5.74) is -1.73. The molecule has 0 bridgehead atoms. The van der Waals surface area contributed by atoms with Crippen LogP contribution < -0.4 is 0 Å². The van der Waals surface area contributed by atoms with Crippen LogP contribution in [0.25, 0.3) is 0 Å². The molecular weight excluding hydrogens is 569 g/mol. The fraction of sp³-hybridized carbons (Fsp3) is 0.516. The van der Waals surface area contributed by atoms with Crippen molar-refractivity contribution in [1.29, 1.82) is 5.26 Å². The van der Waals surface area contributed by atoms with E-state index in [1.165, 1.54) is 25.1 Å². The van der Waals surface area contributed by atoms with Crippen LogP contribution in [0.1, 0.15) is 64.0 Å². The molecule has 218 valence electrons. The van der Waals surface area contributed by atoms with E-state index in [1.807, 2.05) is 30.6 Å². The number of amides is 2. The minimum atomic E-state index is -1.61. The van der Waals surface area contributed by atoms with E-state index in [-0.39, 0.29) is 51.1 Å². The monoisotopic (exact) mass is 602 g/mol. The zero-order chi connectivity index (χ0) is 29.9. The number of hydrogen-bond donors (Lipinski definition) is 0. The molecule has 5 rings (SSSR count). The summed E-state index contributed by atoms with van der Waals surface area (Å²) >= 11 is 12.4. The molecule has 3 heterocycles. The van der Waals surface area contributed by atoms with Gasteiger partial charge in [-0.2, -0.15) is 5.26 Å². The minimum absolute atomic E-state index is 0.00218. The Morgan fingerprint density at radius 1 is 1.15 bits per heavy atom. The maximum absolute atomic E-state index is 15.9. The topological polar surface area (TPSA) is 67.7 Å². The van der Waals surface area contributed by atoms with Gasteiger partial charge in [-0.15, -0.1) is 0 Å². The number of likely N-dealkylation sites (tertiary alicyclic amines) is 1. The van der Waals surface area contributed by atoms with Gasteiger partial charge in [0.25, 0.3) is 0 Å². The van der Waals surface area contributed by atoms with Crippen molar-refractivity contribution in [1.82, 2.24) is 14.7 Å². The summed E-state index contributed by atoms with van der Waals surface area (Å²) < 4.78 is 31.7. The molecule has 10 heteroatoms. The summed E-state index contributed by atoms with van der Waals surface area (Å²) in [7, 11) is 0. The van der Waals surface area contributed by atoms with Gasteiger partial charge in [-0.3, -0.25) is 14.5 Å². The van der Waals surface area contributed by atoms with E-state index < -0.39 is 35.1 Å². The highest BCUT2D eigenvalue weighted by Gasteiger charge is 2.68. The smallest absolute Gasteiger partial charge is 0.241 e. The average molecular weight is 604 g/mol. The second kappa shape index (κ2) is 10.8. The fourth-order valence-electron chi connectivity index (χ4n) is 7.19. The van der Waals surface area contributed by atoms with Crippen molar-refractivity contribution in [3.8, 4) is 6.07 Å². The highest BCUT2D eigenvalue weighted by molar-refractivity contribution is 6.31. The molecule has 2 aromatic rings.